The quantitative estimate of drug-likeness (QED) is 0.534. The van der Waals surface area contributed by atoms with E-state index in [1.54, 1.807) is 7.11 Å². The first-order chi connectivity index (χ1) is 4.69. The predicted octanol–water partition coefficient (Wildman–Crippen LogP) is -0.254. The third-order valence-electron chi connectivity index (χ3n) is 2.24. The fourth-order valence-corrected chi connectivity index (χ4v) is 1.21. The van der Waals surface area contributed by atoms with Crippen molar-refractivity contribution >= 4 is 0 Å². The molecule has 10 heavy (non-hydrogen) atoms. The number of ether oxygens (including phenoxy) is 1. The Hall–Kier alpha value is -0.120. The van der Waals surface area contributed by atoms with Crippen LogP contribution in [-0.2, 0) is 4.74 Å². The Morgan fingerprint density at radius 2 is 2.40 bits per heavy atom. The molecule has 2 atom stereocenters. The second kappa shape index (κ2) is 2.86. The van der Waals surface area contributed by atoms with E-state index in [9.17, 15) is 5.11 Å². The average molecular weight is 145 g/mol. The van der Waals surface area contributed by atoms with Gasteiger partial charge in [-0.1, -0.05) is 0 Å². The molecular formula is C7H15NO2. The highest BCUT2D eigenvalue weighted by Crippen LogP contribution is 2.19. The summed E-state index contributed by atoms with van der Waals surface area (Å²) in [4.78, 5) is 0. The summed E-state index contributed by atoms with van der Waals surface area (Å²) in [6.07, 6.45) is 0.461. The zero-order chi connectivity index (χ0) is 7.61. The summed E-state index contributed by atoms with van der Waals surface area (Å²) in [6.45, 7) is 3.55. The monoisotopic (exact) mass is 145 g/mol. The van der Waals surface area contributed by atoms with Crippen molar-refractivity contribution in [3.63, 3.8) is 0 Å². The van der Waals surface area contributed by atoms with Crippen molar-refractivity contribution in [2.45, 2.75) is 25.0 Å². The minimum atomic E-state index is -0.377. The number of methoxy groups -OCH3 is 1. The van der Waals surface area contributed by atoms with Crippen LogP contribution in [-0.4, -0.2) is 37.0 Å². The highest BCUT2D eigenvalue weighted by atomic mass is 16.5. The third-order valence-corrected chi connectivity index (χ3v) is 2.24. The van der Waals surface area contributed by atoms with Gasteiger partial charge in [0.15, 0.2) is 0 Å². The Labute approximate surface area is 61.4 Å². The number of aliphatic hydroxyl groups is 1. The third kappa shape index (κ3) is 1.31. The molecule has 0 amide bonds. The van der Waals surface area contributed by atoms with Crippen molar-refractivity contribution < 1.29 is 9.84 Å². The Kier molecular flexibility index (Phi) is 2.28. The summed E-state index contributed by atoms with van der Waals surface area (Å²) in [5, 5.41) is 12.6. The van der Waals surface area contributed by atoms with Gasteiger partial charge in [-0.15, -0.1) is 0 Å². The van der Waals surface area contributed by atoms with Crippen molar-refractivity contribution in [2.24, 2.45) is 0 Å². The van der Waals surface area contributed by atoms with Gasteiger partial charge in [0.25, 0.3) is 0 Å². The molecule has 1 rings (SSSR count). The molecule has 0 aliphatic carbocycles. The molecule has 60 valence electrons. The molecule has 1 aliphatic rings. The van der Waals surface area contributed by atoms with Crippen LogP contribution in [0, 0.1) is 0 Å². The van der Waals surface area contributed by atoms with Crippen LogP contribution in [0.25, 0.3) is 0 Å². The molecule has 1 fully saturated rings. The van der Waals surface area contributed by atoms with Crippen LogP contribution in [0.1, 0.15) is 13.3 Å². The first-order valence-electron chi connectivity index (χ1n) is 3.63. The minimum Gasteiger partial charge on any atom is -0.390 e. The smallest absolute Gasteiger partial charge is 0.103 e. The van der Waals surface area contributed by atoms with Crippen LogP contribution in [0.2, 0.25) is 0 Å². The number of aliphatic hydroxyl groups excluding tert-OH is 1. The van der Waals surface area contributed by atoms with Crippen molar-refractivity contribution in [2.75, 3.05) is 20.2 Å². The summed E-state index contributed by atoms with van der Waals surface area (Å²) in [6, 6.07) is 0. The standard InChI is InChI=1S/C7H15NO2/c1-7(10-2)5-8-4-3-6(7)9/h6,8-9H,3-5H2,1-2H3/t6?,7-/m0/s1. The maximum atomic E-state index is 9.46. The molecule has 0 aromatic carbocycles. The molecule has 1 heterocycles. The molecule has 0 aromatic heterocycles. The van der Waals surface area contributed by atoms with Crippen LogP contribution in [0.5, 0.6) is 0 Å². The van der Waals surface area contributed by atoms with Gasteiger partial charge in [0, 0.05) is 13.7 Å². The summed E-state index contributed by atoms with van der Waals surface area (Å²) in [5.41, 5.74) is -0.377. The highest BCUT2D eigenvalue weighted by molar-refractivity contribution is 4.89. The van der Waals surface area contributed by atoms with Gasteiger partial charge in [0.1, 0.15) is 5.60 Å². The van der Waals surface area contributed by atoms with E-state index in [2.05, 4.69) is 5.32 Å². The Bertz CT molecular complexity index is 118. The highest BCUT2D eigenvalue weighted by Gasteiger charge is 2.34. The lowest BCUT2D eigenvalue weighted by atomic mass is 9.93. The molecule has 0 bridgehead atoms. The zero-order valence-electron chi connectivity index (χ0n) is 6.55. The lowest BCUT2D eigenvalue weighted by molar-refractivity contribution is -0.102. The van der Waals surface area contributed by atoms with E-state index in [4.69, 9.17) is 4.74 Å². The molecule has 0 aromatic rings. The zero-order valence-corrected chi connectivity index (χ0v) is 6.55. The molecule has 2 N–H and O–H groups in total. The second-order valence-electron chi connectivity index (χ2n) is 3.00. The lowest BCUT2D eigenvalue weighted by Gasteiger charge is -2.37. The average Bonchev–Trinajstić information content (AvgIpc) is 1.96. The molecule has 3 nitrogen and oxygen atoms in total. The SMILES string of the molecule is CO[C@@]1(C)CNCCC1O. The number of rotatable bonds is 1. The van der Waals surface area contributed by atoms with E-state index >= 15 is 0 Å². The van der Waals surface area contributed by atoms with Gasteiger partial charge in [0.05, 0.1) is 6.10 Å². The molecule has 0 saturated carbocycles. The summed E-state index contributed by atoms with van der Waals surface area (Å²) in [5.74, 6) is 0. The van der Waals surface area contributed by atoms with Gasteiger partial charge in [0.2, 0.25) is 0 Å². The summed E-state index contributed by atoms with van der Waals surface area (Å²) in [7, 11) is 1.64. The van der Waals surface area contributed by atoms with Gasteiger partial charge in [-0.2, -0.15) is 0 Å². The maximum Gasteiger partial charge on any atom is 0.103 e. The van der Waals surface area contributed by atoms with Crippen LogP contribution in [0.4, 0.5) is 0 Å². The van der Waals surface area contributed by atoms with Gasteiger partial charge < -0.3 is 15.2 Å². The molecule has 1 unspecified atom stereocenters. The normalized spacial score (nSPS) is 41.7. The van der Waals surface area contributed by atoms with Crippen LogP contribution < -0.4 is 5.32 Å². The Morgan fingerprint density at radius 3 is 2.80 bits per heavy atom. The van der Waals surface area contributed by atoms with E-state index in [1.165, 1.54) is 0 Å². The number of hydrogen-bond acceptors (Lipinski definition) is 3. The lowest BCUT2D eigenvalue weighted by Crippen LogP contribution is -2.54. The van der Waals surface area contributed by atoms with Gasteiger partial charge >= 0.3 is 0 Å². The second-order valence-corrected chi connectivity index (χ2v) is 3.00. The topological polar surface area (TPSA) is 41.5 Å². The minimum absolute atomic E-state index is 0.321. The van der Waals surface area contributed by atoms with E-state index < -0.39 is 0 Å². The maximum absolute atomic E-state index is 9.46. The van der Waals surface area contributed by atoms with Crippen molar-refractivity contribution in [3.8, 4) is 0 Å². The van der Waals surface area contributed by atoms with Crippen LogP contribution >= 0.6 is 0 Å². The number of piperidine rings is 1. The van der Waals surface area contributed by atoms with Gasteiger partial charge in [-0.3, -0.25) is 0 Å². The van der Waals surface area contributed by atoms with Gasteiger partial charge in [-0.05, 0) is 19.9 Å². The van der Waals surface area contributed by atoms with Gasteiger partial charge in [-0.25, -0.2) is 0 Å². The predicted molar refractivity (Wildman–Crippen MR) is 38.9 cm³/mol. The van der Waals surface area contributed by atoms with E-state index in [0.29, 0.717) is 0 Å². The van der Waals surface area contributed by atoms with Crippen LogP contribution in [0.15, 0.2) is 0 Å². The Morgan fingerprint density at radius 1 is 1.70 bits per heavy atom. The number of hydrogen-bond donors (Lipinski definition) is 2. The summed E-state index contributed by atoms with van der Waals surface area (Å²) >= 11 is 0. The fraction of sp³-hybridized carbons (Fsp3) is 1.00. The largest absolute Gasteiger partial charge is 0.390 e. The number of nitrogens with one attached hydrogen (secondary N) is 1. The van der Waals surface area contributed by atoms with E-state index in [-0.39, 0.29) is 11.7 Å². The molecule has 1 saturated heterocycles. The first kappa shape index (κ1) is 7.98. The Balaban J connectivity index is 2.54. The van der Waals surface area contributed by atoms with Crippen molar-refractivity contribution in [1.29, 1.82) is 0 Å². The first-order valence-corrected chi connectivity index (χ1v) is 3.63. The molecular weight excluding hydrogens is 130 g/mol. The summed E-state index contributed by atoms with van der Waals surface area (Å²) < 4.78 is 5.18. The van der Waals surface area contributed by atoms with E-state index in [1.807, 2.05) is 6.92 Å². The fourth-order valence-electron chi connectivity index (χ4n) is 1.21. The van der Waals surface area contributed by atoms with E-state index in [0.717, 1.165) is 19.5 Å². The molecule has 1 aliphatic heterocycles. The van der Waals surface area contributed by atoms with Crippen molar-refractivity contribution in [1.82, 2.24) is 5.32 Å². The molecule has 0 radical (unpaired) electrons. The van der Waals surface area contributed by atoms with Crippen molar-refractivity contribution in [3.05, 3.63) is 0 Å². The molecule has 0 spiro atoms. The van der Waals surface area contributed by atoms with Crippen LogP contribution in [0.3, 0.4) is 0 Å². The molecule has 3 heteroatoms.